The van der Waals surface area contributed by atoms with Crippen molar-refractivity contribution in [1.82, 2.24) is 9.55 Å². The molecule has 0 unspecified atom stereocenters. The SMILES string of the molecule is C=C(Cn1ccnc1)c1ccccc1OC(=O)c1ccc(-c2ccccc2)cc1. The van der Waals surface area contributed by atoms with Crippen molar-refractivity contribution in [2.24, 2.45) is 0 Å². The summed E-state index contributed by atoms with van der Waals surface area (Å²) in [6.07, 6.45) is 5.32. The largest absolute Gasteiger partial charge is 0.422 e. The summed E-state index contributed by atoms with van der Waals surface area (Å²) < 4.78 is 7.61. The fraction of sp³-hybridized carbons (Fsp3) is 0.0400. The molecule has 0 atom stereocenters. The molecule has 0 aliphatic heterocycles. The first-order valence-corrected chi connectivity index (χ1v) is 9.31. The predicted octanol–water partition coefficient (Wildman–Crippen LogP) is 5.48. The number of esters is 1. The molecule has 0 spiro atoms. The smallest absolute Gasteiger partial charge is 0.343 e. The Bertz CT molecular complexity index is 1120. The Kier molecular flexibility index (Phi) is 5.34. The number of allylic oxidation sites excluding steroid dienone is 1. The lowest BCUT2D eigenvalue weighted by molar-refractivity contribution is 0.0734. The fourth-order valence-electron chi connectivity index (χ4n) is 3.12. The van der Waals surface area contributed by atoms with Gasteiger partial charge < -0.3 is 9.30 Å². The molecule has 0 N–H and O–H groups in total. The summed E-state index contributed by atoms with van der Waals surface area (Å²) >= 11 is 0. The van der Waals surface area contributed by atoms with E-state index in [4.69, 9.17) is 4.74 Å². The van der Waals surface area contributed by atoms with E-state index in [1.54, 1.807) is 30.7 Å². The highest BCUT2D eigenvalue weighted by Gasteiger charge is 2.13. The van der Waals surface area contributed by atoms with Crippen LogP contribution < -0.4 is 4.74 Å². The molecule has 0 bridgehead atoms. The Morgan fingerprint density at radius 1 is 0.897 bits per heavy atom. The summed E-state index contributed by atoms with van der Waals surface area (Å²) in [6.45, 7) is 4.72. The number of ether oxygens (including phenoxy) is 1. The third-order valence-corrected chi connectivity index (χ3v) is 4.63. The second-order valence-electron chi connectivity index (χ2n) is 6.67. The first-order valence-electron chi connectivity index (χ1n) is 9.31. The number of carbonyl (C=O) groups is 1. The van der Waals surface area contributed by atoms with Gasteiger partial charge in [-0.25, -0.2) is 9.78 Å². The van der Waals surface area contributed by atoms with Crippen molar-refractivity contribution in [2.75, 3.05) is 0 Å². The van der Waals surface area contributed by atoms with Gasteiger partial charge in [-0.2, -0.15) is 0 Å². The van der Waals surface area contributed by atoms with Gasteiger partial charge in [0.05, 0.1) is 11.9 Å². The molecular weight excluding hydrogens is 360 g/mol. The van der Waals surface area contributed by atoms with Gasteiger partial charge in [0.15, 0.2) is 0 Å². The summed E-state index contributed by atoms with van der Waals surface area (Å²) in [6, 6.07) is 24.9. The summed E-state index contributed by atoms with van der Waals surface area (Å²) in [5, 5.41) is 0. The average molecular weight is 380 g/mol. The molecule has 0 saturated heterocycles. The third kappa shape index (κ3) is 4.33. The van der Waals surface area contributed by atoms with Crippen LogP contribution in [0.2, 0.25) is 0 Å². The second kappa shape index (κ2) is 8.40. The average Bonchev–Trinajstić information content (AvgIpc) is 3.28. The summed E-state index contributed by atoms with van der Waals surface area (Å²) in [5.74, 6) is 0.0993. The first kappa shape index (κ1) is 18.4. The number of aromatic nitrogens is 2. The lowest BCUT2D eigenvalue weighted by Crippen LogP contribution is -2.10. The van der Waals surface area contributed by atoms with Gasteiger partial charge >= 0.3 is 5.97 Å². The van der Waals surface area contributed by atoms with Gasteiger partial charge in [0, 0.05) is 24.5 Å². The van der Waals surface area contributed by atoms with E-state index in [1.807, 2.05) is 71.4 Å². The molecule has 1 aromatic heterocycles. The molecule has 4 aromatic rings. The monoisotopic (exact) mass is 380 g/mol. The molecule has 0 amide bonds. The predicted molar refractivity (Wildman–Crippen MR) is 115 cm³/mol. The molecule has 1 heterocycles. The van der Waals surface area contributed by atoms with Crippen molar-refractivity contribution in [3.8, 4) is 16.9 Å². The Hall–Kier alpha value is -3.92. The van der Waals surface area contributed by atoms with Gasteiger partial charge in [-0.05, 0) is 34.9 Å². The van der Waals surface area contributed by atoms with Crippen LogP contribution in [0, 0.1) is 0 Å². The molecule has 29 heavy (non-hydrogen) atoms. The van der Waals surface area contributed by atoms with Crippen LogP contribution in [0.3, 0.4) is 0 Å². The van der Waals surface area contributed by atoms with Crippen molar-refractivity contribution in [3.05, 3.63) is 115 Å². The highest BCUT2D eigenvalue weighted by atomic mass is 16.5. The molecule has 0 radical (unpaired) electrons. The van der Waals surface area contributed by atoms with E-state index in [0.29, 0.717) is 17.9 Å². The van der Waals surface area contributed by atoms with E-state index in [2.05, 4.69) is 11.6 Å². The van der Waals surface area contributed by atoms with Gasteiger partial charge in [-0.1, -0.05) is 67.2 Å². The molecule has 4 nitrogen and oxygen atoms in total. The highest BCUT2D eigenvalue weighted by molar-refractivity contribution is 5.92. The van der Waals surface area contributed by atoms with Crippen LogP contribution in [0.15, 0.2) is 104 Å². The van der Waals surface area contributed by atoms with Crippen LogP contribution in [-0.2, 0) is 6.54 Å². The summed E-state index contributed by atoms with van der Waals surface area (Å²) in [5.41, 5.74) is 4.30. The van der Waals surface area contributed by atoms with Crippen LogP contribution >= 0.6 is 0 Å². The summed E-state index contributed by atoms with van der Waals surface area (Å²) in [7, 11) is 0. The number of benzene rings is 3. The lowest BCUT2D eigenvalue weighted by atomic mass is 10.0. The number of rotatable bonds is 6. The molecule has 4 heteroatoms. The highest BCUT2D eigenvalue weighted by Crippen LogP contribution is 2.27. The number of hydrogen-bond acceptors (Lipinski definition) is 3. The van der Waals surface area contributed by atoms with E-state index in [9.17, 15) is 4.79 Å². The molecule has 3 aromatic carbocycles. The van der Waals surface area contributed by atoms with Crippen molar-refractivity contribution < 1.29 is 9.53 Å². The van der Waals surface area contributed by atoms with Crippen molar-refractivity contribution in [3.63, 3.8) is 0 Å². The van der Waals surface area contributed by atoms with E-state index in [-0.39, 0.29) is 0 Å². The first-order chi connectivity index (χ1) is 14.2. The van der Waals surface area contributed by atoms with Gasteiger partial charge in [0.1, 0.15) is 5.75 Å². The Balaban J connectivity index is 1.51. The Morgan fingerprint density at radius 2 is 1.59 bits per heavy atom. The molecule has 0 saturated carbocycles. The standard InChI is InChI=1S/C25H20N2O2/c1-19(17-27-16-15-26-18-27)23-9-5-6-10-24(23)29-25(28)22-13-11-21(12-14-22)20-7-3-2-4-8-20/h2-16,18H,1,17H2. The van der Waals surface area contributed by atoms with Gasteiger partial charge in [0.2, 0.25) is 0 Å². The van der Waals surface area contributed by atoms with Crippen LogP contribution in [0.25, 0.3) is 16.7 Å². The molecular formula is C25H20N2O2. The zero-order valence-electron chi connectivity index (χ0n) is 15.9. The van der Waals surface area contributed by atoms with E-state index < -0.39 is 5.97 Å². The van der Waals surface area contributed by atoms with E-state index >= 15 is 0 Å². The number of para-hydroxylation sites is 1. The van der Waals surface area contributed by atoms with Crippen LogP contribution in [0.5, 0.6) is 5.75 Å². The molecule has 0 aliphatic rings. The number of imidazole rings is 1. The minimum Gasteiger partial charge on any atom is -0.422 e. The number of carbonyl (C=O) groups excluding carboxylic acids is 1. The maximum atomic E-state index is 12.7. The minimum atomic E-state index is -0.396. The van der Waals surface area contributed by atoms with Crippen molar-refractivity contribution in [2.45, 2.75) is 6.54 Å². The van der Waals surface area contributed by atoms with Crippen LogP contribution in [-0.4, -0.2) is 15.5 Å². The van der Waals surface area contributed by atoms with Gasteiger partial charge in [0.25, 0.3) is 0 Å². The zero-order valence-corrected chi connectivity index (χ0v) is 15.9. The topological polar surface area (TPSA) is 44.1 Å². The quantitative estimate of drug-likeness (QED) is 0.328. The maximum Gasteiger partial charge on any atom is 0.343 e. The van der Waals surface area contributed by atoms with Crippen molar-refractivity contribution in [1.29, 1.82) is 0 Å². The number of nitrogens with zero attached hydrogens (tertiary/aromatic N) is 2. The molecule has 142 valence electrons. The van der Waals surface area contributed by atoms with E-state index in [1.165, 1.54) is 0 Å². The molecule has 4 rings (SSSR count). The normalized spacial score (nSPS) is 10.5. The van der Waals surface area contributed by atoms with Gasteiger partial charge in [-0.3, -0.25) is 0 Å². The summed E-state index contributed by atoms with van der Waals surface area (Å²) in [4.78, 5) is 16.7. The van der Waals surface area contributed by atoms with E-state index in [0.717, 1.165) is 22.3 Å². The van der Waals surface area contributed by atoms with Gasteiger partial charge in [-0.15, -0.1) is 0 Å². The Morgan fingerprint density at radius 3 is 2.31 bits per heavy atom. The third-order valence-electron chi connectivity index (χ3n) is 4.63. The maximum absolute atomic E-state index is 12.7. The minimum absolute atomic E-state index is 0.396. The molecule has 0 fully saturated rings. The fourth-order valence-corrected chi connectivity index (χ4v) is 3.12. The lowest BCUT2D eigenvalue weighted by Gasteiger charge is -2.13. The van der Waals surface area contributed by atoms with Crippen LogP contribution in [0.4, 0.5) is 0 Å². The Labute approximate surface area is 169 Å². The second-order valence-corrected chi connectivity index (χ2v) is 6.67. The molecule has 0 aliphatic carbocycles. The zero-order chi connectivity index (χ0) is 20.1. The van der Waals surface area contributed by atoms with Crippen LogP contribution in [0.1, 0.15) is 15.9 Å². The van der Waals surface area contributed by atoms with Crippen molar-refractivity contribution >= 4 is 11.5 Å². The number of hydrogen-bond donors (Lipinski definition) is 0.